The van der Waals surface area contributed by atoms with Gasteiger partial charge in [-0.1, -0.05) is 32.6 Å². The molecule has 3 aliphatic carbocycles. The Morgan fingerprint density at radius 3 is 2.12 bits per heavy atom. The van der Waals surface area contributed by atoms with E-state index < -0.39 is 30.5 Å². The van der Waals surface area contributed by atoms with Crippen molar-refractivity contribution in [2.75, 3.05) is 6.61 Å². The number of halogens is 3. The van der Waals surface area contributed by atoms with Crippen LogP contribution in [0.15, 0.2) is 0 Å². The maximum atomic E-state index is 14.9. The van der Waals surface area contributed by atoms with Crippen LogP contribution in [0.2, 0.25) is 0 Å². The van der Waals surface area contributed by atoms with Gasteiger partial charge in [0.2, 0.25) is 0 Å². The van der Waals surface area contributed by atoms with Gasteiger partial charge in [0.25, 0.3) is 0 Å². The van der Waals surface area contributed by atoms with E-state index in [1.807, 2.05) is 6.92 Å². The lowest BCUT2D eigenvalue weighted by molar-refractivity contribution is -0.130. The lowest BCUT2D eigenvalue weighted by Gasteiger charge is -2.49. The molecule has 0 saturated heterocycles. The van der Waals surface area contributed by atoms with Crippen LogP contribution in [0.25, 0.3) is 0 Å². The zero-order valence-corrected chi connectivity index (χ0v) is 15.8. The van der Waals surface area contributed by atoms with Crippen molar-refractivity contribution in [3.8, 4) is 0 Å². The molecule has 0 amide bonds. The van der Waals surface area contributed by atoms with E-state index in [2.05, 4.69) is 6.92 Å². The van der Waals surface area contributed by atoms with Crippen LogP contribution in [0, 0.1) is 29.6 Å². The van der Waals surface area contributed by atoms with E-state index in [4.69, 9.17) is 4.74 Å². The Kier molecular flexibility index (Phi) is 6.73. The Hall–Kier alpha value is -0.250. The second-order valence-electron chi connectivity index (χ2n) is 8.71. The van der Waals surface area contributed by atoms with Gasteiger partial charge < -0.3 is 4.74 Å². The van der Waals surface area contributed by atoms with E-state index in [9.17, 15) is 13.2 Å². The predicted molar refractivity (Wildman–Crippen MR) is 94.8 cm³/mol. The molecule has 0 heterocycles. The van der Waals surface area contributed by atoms with Gasteiger partial charge in [0.15, 0.2) is 0 Å². The molecule has 146 valence electrons. The third kappa shape index (κ3) is 4.04. The molecule has 3 aliphatic rings. The Bertz CT molecular complexity index is 408. The van der Waals surface area contributed by atoms with E-state index in [1.165, 1.54) is 12.8 Å². The van der Waals surface area contributed by atoms with Crippen molar-refractivity contribution in [3.05, 3.63) is 0 Å². The van der Waals surface area contributed by atoms with Gasteiger partial charge in [-0.15, -0.1) is 0 Å². The first-order chi connectivity index (χ1) is 12.1. The second kappa shape index (κ2) is 8.63. The number of rotatable bonds is 5. The summed E-state index contributed by atoms with van der Waals surface area (Å²) in [5.41, 5.74) is 0. The third-order valence-corrected chi connectivity index (χ3v) is 7.32. The molecule has 3 saturated carbocycles. The lowest BCUT2D eigenvalue weighted by Crippen LogP contribution is -2.54. The van der Waals surface area contributed by atoms with Gasteiger partial charge in [0.1, 0.15) is 18.5 Å². The van der Waals surface area contributed by atoms with Crippen LogP contribution in [0.5, 0.6) is 0 Å². The number of hydrogen-bond donors (Lipinski definition) is 0. The molecule has 7 atom stereocenters. The molecule has 0 spiro atoms. The highest BCUT2D eigenvalue weighted by Gasteiger charge is 2.54. The molecule has 0 N–H and O–H groups in total. The van der Waals surface area contributed by atoms with Crippen LogP contribution in [0.1, 0.15) is 71.6 Å². The van der Waals surface area contributed by atoms with E-state index in [1.54, 1.807) is 0 Å². The van der Waals surface area contributed by atoms with Crippen molar-refractivity contribution < 1.29 is 17.9 Å². The summed E-state index contributed by atoms with van der Waals surface area (Å²) in [4.78, 5) is 0. The third-order valence-electron chi connectivity index (χ3n) is 7.32. The molecule has 3 rings (SSSR count). The minimum Gasteiger partial charge on any atom is -0.375 e. The SMILES string of the molecule is CCCC1CCC(C2CC3CCC(OCC)C(F)C3C(F)C2F)CC1. The standard InChI is InChI=1S/C21H35F3O/c1-3-5-13-6-8-14(9-7-13)16-12-15-10-11-17(25-4-2)20(23)18(15)21(24)19(16)22/h13-21H,3-12H2,1-2H3. The average molecular weight is 361 g/mol. The maximum Gasteiger partial charge on any atom is 0.137 e. The Labute approximate surface area is 151 Å². The van der Waals surface area contributed by atoms with Crippen LogP contribution >= 0.6 is 0 Å². The zero-order valence-electron chi connectivity index (χ0n) is 15.8. The van der Waals surface area contributed by atoms with Gasteiger partial charge in [-0.3, -0.25) is 0 Å². The molecule has 0 aromatic carbocycles. The van der Waals surface area contributed by atoms with Gasteiger partial charge in [-0.2, -0.15) is 0 Å². The summed E-state index contributed by atoms with van der Waals surface area (Å²) in [7, 11) is 0. The summed E-state index contributed by atoms with van der Waals surface area (Å²) in [6, 6.07) is 0. The fourth-order valence-electron chi connectivity index (χ4n) is 6.03. The first-order valence-electron chi connectivity index (χ1n) is 10.6. The molecule has 7 unspecified atom stereocenters. The van der Waals surface area contributed by atoms with Crippen molar-refractivity contribution in [2.24, 2.45) is 29.6 Å². The number of fused-ring (bicyclic) bond motifs is 1. The van der Waals surface area contributed by atoms with Gasteiger partial charge in [0.05, 0.1) is 6.10 Å². The molecule has 0 aliphatic heterocycles. The molecule has 25 heavy (non-hydrogen) atoms. The smallest absolute Gasteiger partial charge is 0.137 e. The van der Waals surface area contributed by atoms with Crippen LogP contribution in [-0.2, 0) is 4.74 Å². The van der Waals surface area contributed by atoms with Crippen LogP contribution < -0.4 is 0 Å². The molecule has 1 nitrogen and oxygen atoms in total. The first kappa shape index (κ1) is 19.5. The van der Waals surface area contributed by atoms with Gasteiger partial charge in [0, 0.05) is 12.5 Å². The van der Waals surface area contributed by atoms with Crippen molar-refractivity contribution >= 4 is 0 Å². The molecular weight excluding hydrogens is 325 g/mol. The number of ether oxygens (including phenoxy) is 1. The van der Waals surface area contributed by atoms with Crippen molar-refractivity contribution in [1.82, 2.24) is 0 Å². The van der Waals surface area contributed by atoms with Gasteiger partial charge in [-0.25, -0.2) is 13.2 Å². The molecule has 0 radical (unpaired) electrons. The second-order valence-corrected chi connectivity index (χ2v) is 8.71. The van der Waals surface area contributed by atoms with E-state index in [0.29, 0.717) is 25.4 Å². The van der Waals surface area contributed by atoms with Crippen LogP contribution in [-0.4, -0.2) is 31.2 Å². The molecule has 0 aromatic heterocycles. The average Bonchev–Trinajstić information content (AvgIpc) is 2.61. The minimum atomic E-state index is -1.66. The van der Waals surface area contributed by atoms with E-state index >= 15 is 0 Å². The summed E-state index contributed by atoms with van der Waals surface area (Å²) >= 11 is 0. The molecular formula is C21H35F3O. The highest BCUT2D eigenvalue weighted by molar-refractivity contribution is 5.02. The Balaban J connectivity index is 1.63. The van der Waals surface area contributed by atoms with Crippen molar-refractivity contribution in [3.63, 3.8) is 0 Å². The van der Waals surface area contributed by atoms with Crippen LogP contribution in [0.3, 0.4) is 0 Å². The molecule has 4 heteroatoms. The van der Waals surface area contributed by atoms with Gasteiger partial charge >= 0.3 is 0 Å². The molecule has 0 aromatic rings. The Morgan fingerprint density at radius 2 is 1.48 bits per heavy atom. The normalized spacial score (nSPS) is 48.1. The first-order valence-corrected chi connectivity index (χ1v) is 10.6. The molecule has 0 bridgehead atoms. The van der Waals surface area contributed by atoms with Crippen molar-refractivity contribution in [1.29, 1.82) is 0 Å². The number of hydrogen-bond acceptors (Lipinski definition) is 1. The fraction of sp³-hybridized carbons (Fsp3) is 1.00. The molecule has 3 fully saturated rings. The topological polar surface area (TPSA) is 9.23 Å². The zero-order chi connectivity index (χ0) is 18.0. The van der Waals surface area contributed by atoms with Crippen LogP contribution in [0.4, 0.5) is 13.2 Å². The van der Waals surface area contributed by atoms with E-state index in [0.717, 1.165) is 38.0 Å². The fourth-order valence-corrected chi connectivity index (χ4v) is 6.03. The maximum absolute atomic E-state index is 14.9. The monoisotopic (exact) mass is 360 g/mol. The highest BCUT2D eigenvalue weighted by atomic mass is 19.2. The van der Waals surface area contributed by atoms with E-state index in [-0.39, 0.29) is 11.8 Å². The highest BCUT2D eigenvalue weighted by Crippen LogP contribution is 2.51. The van der Waals surface area contributed by atoms with Crippen molar-refractivity contribution in [2.45, 2.75) is 96.3 Å². The number of alkyl halides is 3. The summed E-state index contributed by atoms with van der Waals surface area (Å²) in [5.74, 6) is 0.0633. The summed E-state index contributed by atoms with van der Waals surface area (Å²) in [5, 5.41) is 0. The summed E-state index contributed by atoms with van der Waals surface area (Å²) in [6.07, 6.45) is 3.90. The van der Waals surface area contributed by atoms with Gasteiger partial charge in [-0.05, 0) is 62.7 Å². The minimum absolute atomic E-state index is 0.00734. The largest absolute Gasteiger partial charge is 0.375 e. The quantitative estimate of drug-likeness (QED) is 0.579. The predicted octanol–water partition coefficient (Wildman–Crippen LogP) is 6.06. The Morgan fingerprint density at radius 1 is 0.800 bits per heavy atom. The lowest BCUT2D eigenvalue weighted by atomic mass is 9.60. The summed E-state index contributed by atoms with van der Waals surface area (Å²) in [6.45, 7) is 4.47. The summed E-state index contributed by atoms with van der Waals surface area (Å²) < 4.78 is 50.1.